The molecule has 2 heterocycles. The maximum atomic E-state index is 12.4. The number of piperazine rings is 1. The number of aryl methyl sites for hydroxylation is 1. The van der Waals surface area contributed by atoms with Gasteiger partial charge in [-0.3, -0.25) is 14.9 Å². The lowest BCUT2D eigenvalue weighted by Gasteiger charge is -2.36. The minimum Gasteiger partial charge on any atom is -0.368 e. The van der Waals surface area contributed by atoms with Crippen molar-refractivity contribution in [2.45, 2.75) is 13.8 Å². The van der Waals surface area contributed by atoms with Crippen molar-refractivity contribution in [3.05, 3.63) is 62.5 Å². The van der Waals surface area contributed by atoms with Crippen LogP contribution in [0, 0.1) is 24.0 Å². The largest absolute Gasteiger partial charge is 0.368 e. The molecule has 6 nitrogen and oxygen atoms in total. The van der Waals surface area contributed by atoms with E-state index in [0.717, 1.165) is 24.4 Å². The second-order valence-corrected chi connectivity index (χ2v) is 7.39. The molecule has 3 rings (SSSR count). The van der Waals surface area contributed by atoms with Gasteiger partial charge in [0.2, 0.25) is 5.91 Å². The summed E-state index contributed by atoms with van der Waals surface area (Å²) < 4.78 is 0. The minimum atomic E-state index is -0.420. The van der Waals surface area contributed by atoms with Crippen LogP contribution in [-0.4, -0.2) is 41.9 Å². The predicted molar refractivity (Wildman–Crippen MR) is 105 cm³/mol. The molecule has 0 aliphatic carbocycles. The van der Waals surface area contributed by atoms with Crippen molar-refractivity contribution in [1.29, 1.82) is 0 Å². The first-order chi connectivity index (χ1) is 12.5. The first-order valence-electron chi connectivity index (χ1n) is 8.48. The molecule has 2 aromatic rings. The van der Waals surface area contributed by atoms with Crippen molar-refractivity contribution in [2.75, 3.05) is 31.1 Å². The number of carbonyl (C=O) groups is 1. The van der Waals surface area contributed by atoms with E-state index in [4.69, 9.17) is 0 Å². The van der Waals surface area contributed by atoms with Crippen molar-refractivity contribution in [3.63, 3.8) is 0 Å². The molecule has 1 aliphatic heterocycles. The molecule has 0 bridgehead atoms. The molecule has 0 radical (unpaired) electrons. The van der Waals surface area contributed by atoms with E-state index >= 15 is 0 Å². The number of carbonyl (C=O) groups excluding carboxylic acids is 1. The van der Waals surface area contributed by atoms with Gasteiger partial charge in [0.25, 0.3) is 0 Å². The van der Waals surface area contributed by atoms with Gasteiger partial charge in [0, 0.05) is 48.9 Å². The second-order valence-electron chi connectivity index (χ2n) is 6.30. The predicted octanol–water partition coefficient (Wildman–Crippen LogP) is 3.64. The lowest BCUT2D eigenvalue weighted by Crippen LogP contribution is -2.48. The maximum absolute atomic E-state index is 12.4. The van der Waals surface area contributed by atoms with E-state index in [0.29, 0.717) is 18.0 Å². The van der Waals surface area contributed by atoms with Gasteiger partial charge in [-0.05, 0) is 43.2 Å². The fourth-order valence-electron chi connectivity index (χ4n) is 3.03. The van der Waals surface area contributed by atoms with Crippen LogP contribution in [0.1, 0.15) is 16.0 Å². The molecule has 1 amide bonds. The summed E-state index contributed by atoms with van der Waals surface area (Å²) in [6.07, 6.45) is 3.15. The lowest BCUT2D eigenvalue weighted by atomic mass is 10.1. The number of nitrogens with zero attached hydrogens (tertiary/aromatic N) is 3. The first kappa shape index (κ1) is 18.1. The smallest absolute Gasteiger partial charge is 0.324 e. The van der Waals surface area contributed by atoms with Gasteiger partial charge >= 0.3 is 5.00 Å². The monoisotopic (exact) mass is 371 g/mol. The fraction of sp³-hybridized carbons (Fsp3) is 0.316. The third kappa shape index (κ3) is 3.94. The topological polar surface area (TPSA) is 66.7 Å². The highest BCUT2D eigenvalue weighted by Crippen LogP contribution is 2.25. The molecule has 0 unspecified atom stereocenters. The highest BCUT2D eigenvalue weighted by Gasteiger charge is 2.21. The van der Waals surface area contributed by atoms with E-state index < -0.39 is 4.92 Å². The number of nitro groups is 1. The second kappa shape index (κ2) is 7.70. The molecule has 0 spiro atoms. The Kier molecular flexibility index (Phi) is 5.37. The summed E-state index contributed by atoms with van der Waals surface area (Å²) in [5.74, 6) is -0.0540. The first-order valence-corrected chi connectivity index (χ1v) is 9.30. The number of rotatable bonds is 4. The van der Waals surface area contributed by atoms with E-state index in [-0.39, 0.29) is 10.9 Å². The van der Waals surface area contributed by atoms with Crippen molar-refractivity contribution in [1.82, 2.24) is 4.90 Å². The van der Waals surface area contributed by atoms with Crippen LogP contribution >= 0.6 is 11.3 Å². The Balaban J connectivity index is 1.58. The van der Waals surface area contributed by atoms with Gasteiger partial charge in [0.1, 0.15) is 0 Å². The average Bonchev–Trinajstić information content (AvgIpc) is 3.12. The van der Waals surface area contributed by atoms with Crippen LogP contribution in [0.3, 0.4) is 0 Å². The fourth-order valence-corrected chi connectivity index (χ4v) is 3.76. The Morgan fingerprint density at radius 2 is 1.88 bits per heavy atom. The molecule has 1 saturated heterocycles. The van der Waals surface area contributed by atoms with Crippen LogP contribution in [-0.2, 0) is 4.79 Å². The zero-order valence-electron chi connectivity index (χ0n) is 14.8. The third-order valence-corrected chi connectivity index (χ3v) is 5.69. The van der Waals surface area contributed by atoms with E-state index in [1.807, 2.05) is 4.90 Å². The van der Waals surface area contributed by atoms with Gasteiger partial charge < -0.3 is 9.80 Å². The average molecular weight is 371 g/mol. The Labute approximate surface area is 156 Å². The van der Waals surface area contributed by atoms with Gasteiger partial charge in [-0.2, -0.15) is 0 Å². The molecule has 1 aromatic heterocycles. The zero-order valence-corrected chi connectivity index (χ0v) is 15.7. The summed E-state index contributed by atoms with van der Waals surface area (Å²) in [6.45, 7) is 7.18. The van der Waals surface area contributed by atoms with Gasteiger partial charge in [-0.1, -0.05) is 23.5 Å². The molecule has 1 aromatic carbocycles. The number of benzene rings is 1. The van der Waals surface area contributed by atoms with E-state index in [2.05, 4.69) is 36.9 Å². The summed E-state index contributed by atoms with van der Waals surface area (Å²) >= 11 is 1.07. The summed E-state index contributed by atoms with van der Waals surface area (Å²) in [7, 11) is 0. The molecular formula is C19H21N3O3S. The van der Waals surface area contributed by atoms with Crippen LogP contribution in [0.2, 0.25) is 0 Å². The van der Waals surface area contributed by atoms with Crippen LogP contribution in [0.4, 0.5) is 10.7 Å². The van der Waals surface area contributed by atoms with Crippen LogP contribution in [0.5, 0.6) is 0 Å². The van der Waals surface area contributed by atoms with Gasteiger partial charge in [0.05, 0.1) is 4.92 Å². The molecule has 0 saturated carbocycles. The van der Waals surface area contributed by atoms with Crippen molar-refractivity contribution in [3.8, 4) is 0 Å². The summed E-state index contributed by atoms with van der Waals surface area (Å²) in [6, 6.07) is 9.42. The minimum absolute atomic E-state index is 0.0540. The summed E-state index contributed by atoms with van der Waals surface area (Å²) in [5.41, 5.74) is 3.79. The number of amides is 1. The van der Waals surface area contributed by atoms with Gasteiger partial charge in [0.15, 0.2) is 0 Å². The number of thiophene rings is 1. The van der Waals surface area contributed by atoms with E-state index in [1.54, 1.807) is 12.1 Å². The van der Waals surface area contributed by atoms with Crippen LogP contribution in [0.15, 0.2) is 36.4 Å². The lowest BCUT2D eigenvalue weighted by molar-refractivity contribution is -0.380. The van der Waals surface area contributed by atoms with Crippen LogP contribution < -0.4 is 4.90 Å². The molecule has 0 N–H and O–H groups in total. The molecular weight excluding hydrogens is 350 g/mol. The Hall–Kier alpha value is -2.67. The maximum Gasteiger partial charge on any atom is 0.324 e. The zero-order chi connectivity index (χ0) is 18.7. The van der Waals surface area contributed by atoms with Crippen molar-refractivity contribution < 1.29 is 9.72 Å². The molecule has 26 heavy (non-hydrogen) atoms. The van der Waals surface area contributed by atoms with Gasteiger partial charge in [-0.15, -0.1) is 0 Å². The van der Waals surface area contributed by atoms with E-state index in [1.165, 1.54) is 29.0 Å². The van der Waals surface area contributed by atoms with Crippen molar-refractivity contribution >= 4 is 34.0 Å². The summed E-state index contributed by atoms with van der Waals surface area (Å²) in [5, 5.41) is 10.8. The third-order valence-electron chi connectivity index (χ3n) is 4.69. The molecule has 7 heteroatoms. The standard InChI is InChI=1S/C19H21N3O3S/c1-14-4-3-5-17(15(14)2)20-10-12-21(13-11-20)18(23)8-6-16-7-9-19(26-16)22(24)25/h3-9H,10-13H2,1-2H3/b8-6+. The molecule has 0 atom stereocenters. The summed E-state index contributed by atoms with van der Waals surface area (Å²) in [4.78, 5) is 27.5. The number of hydrogen-bond donors (Lipinski definition) is 0. The quantitative estimate of drug-likeness (QED) is 0.468. The number of hydrogen-bond acceptors (Lipinski definition) is 5. The van der Waals surface area contributed by atoms with Crippen LogP contribution in [0.25, 0.3) is 6.08 Å². The normalized spacial score (nSPS) is 14.8. The SMILES string of the molecule is Cc1cccc(N2CCN(C(=O)/C=C/c3ccc([N+](=O)[O-])s3)CC2)c1C. The molecule has 136 valence electrons. The Morgan fingerprint density at radius 1 is 1.15 bits per heavy atom. The highest BCUT2D eigenvalue weighted by atomic mass is 32.1. The number of anilines is 1. The highest BCUT2D eigenvalue weighted by molar-refractivity contribution is 7.16. The van der Waals surface area contributed by atoms with E-state index in [9.17, 15) is 14.9 Å². The van der Waals surface area contributed by atoms with Gasteiger partial charge in [-0.25, -0.2) is 0 Å². The molecule has 1 aliphatic rings. The van der Waals surface area contributed by atoms with Crippen molar-refractivity contribution in [2.24, 2.45) is 0 Å². The Morgan fingerprint density at radius 3 is 2.54 bits per heavy atom. The Bertz CT molecular complexity index is 851. The molecule has 1 fully saturated rings.